The van der Waals surface area contributed by atoms with Gasteiger partial charge in [0.2, 0.25) is 0 Å². The summed E-state index contributed by atoms with van der Waals surface area (Å²) in [6, 6.07) is 5.40. The molecule has 1 fully saturated rings. The number of halogens is 3. The summed E-state index contributed by atoms with van der Waals surface area (Å²) in [7, 11) is 0. The molecule has 1 aromatic carbocycles. The van der Waals surface area contributed by atoms with E-state index in [1.165, 1.54) is 18.5 Å². The molecule has 2 unspecified atom stereocenters. The highest BCUT2D eigenvalue weighted by molar-refractivity contribution is 5.66. The predicted octanol–water partition coefficient (Wildman–Crippen LogP) is 5.03. The molecular formula is C24H31F3N4O4. The monoisotopic (exact) mass is 496 g/mol. The molecule has 0 bridgehead atoms. The SMILES string of the molecule is CC(C)CC(C)(COc1ccc(-c2cc(NC3CCCOC3)ncn2)cc1C(F)(F)F)OC(N)=O. The summed E-state index contributed by atoms with van der Waals surface area (Å²) in [5.74, 6) is 0.219. The molecule has 0 aliphatic carbocycles. The van der Waals surface area contributed by atoms with Gasteiger partial charge in [0.1, 0.15) is 30.1 Å². The number of carbonyl (C=O) groups is 1. The van der Waals surface area contributed by atoms with Crippen LogP contribution < -0.4 is 15.8 Å². The first-order chi connectivity index (χ1) is 16.4. The summed E-state index contributed by atoms with van der Waals surface area (Å²) >= 11 is 0. The van der Waals surface area contributed by atoms with E-state index in [2.05, 4.69) is 15.3 Å². The highest BCUT2D eigenvalue weighted by Crippen LogP contribution is 2.39. The van der Waals surface area contributed by atoms with Crippen LogP contribution in [0.2, 0.25) is 0 Å². The molecule has 2 aromatic rings. The van der Waals surface area contributed by atoms with Crippen LogP contribution >= 0.6 is 0 Å². The van der Waals surface area contributed by atoms with Crippen molar-refractivity contribution in [2.24, 2.45) is 11.7 Å². The lowest BCUT2D eigenvalue weighted by Crippen LogP contribution is -2.41. The Labute approximate surface area is 202 Å². The van der Waals surface area contributed by atoms with E-state index in [1.807, 2.05) is 13.8 Å². The van der Waals surface area contributed by atoms with Crippen molar-refractivity contribution in [1.82, 2.24) is 9.97 Å². The van der Waals surface area contributed by atoms with Crippen LogP contribution in [0.5, 0.6) is 5.75 Å². The average molecular weight is 497 g/mol. The van der Waals surface area contributed by atoms with Crippen LogP contribution in [0.4, 0.5) is 23.8 Å². The molecule has 2 atom stereocenters. The zero-order chi connectivity index (χ0) is 25.6. The zero-order valence-corrected chi connectivity index (χ0v) is 20.0. The standard InChI is InChI=1S/C24H31F3N4O4/c1-15(2)11-23(3,35-22(28)32)13-34-20-7-6-16(9-18(20)24(25,26)27)19-10-21(30-14-29-19)31-17-5-4-8-33-12-17/h6-7,9-10,14-15,17H,4-5,8,11-13H2,1-3H3,(H2,28,32)(H,29,30,31). The van der Waals surface area contributed by atoms with Gasteiger partial charge in [-0.25, -0.2) is 14.8 Å². The molecule has 35 heavy (non-hydrogen) atoms. The quantitative estimate of drug-likeness (QED) is 0.501. The number of benzene rings is 1. The summed E-state index contributed by atoms with van der Waals surface area (Å²) in [5.41, 5.74) is 3.60. The van der Waals surface area contributed by atoms with Crippen molar-refractivity contribution in [1.29, 1.82) is 0 Å². The maximum absolute atomic E-state index is 13.9. The van der Waals surface area contributed by atoms with Crippen LogP contribution in [-0.4, -0.2) is 47.5 Å². The number of aromatic nitrogens is 2. The van der Waals surface area contributed by atoms with E-state index in [9.17, 15) is 18.0 Å². The molecule has 1 aliphatic rings. The van der Waals surface area contributed by atoms with Gasteiger partial charge >= 0.3 is 12.3 Å². The Bertz CT molecular complexity index is 1010. The maximum Gasteiger partial charge on any atom is 0.419 e. The van der Waals surface area contributed by atoms with Crippen molar-refractivity contribution < 1.29 is 32.2 Å². The van der Waals surface area contributed by atoms with E-state index in [0.717, 1.165) is 18.9 Å². The Balaban J connectivity index is 1.84. The molecule has 2 heterocycles. The molecule has 3 N–H and O–H groups in total. The fraction of sp³-hybridized carbons (Fsp3) is 0.542. The molecular weight excluding hydrogens is 465 g/mol. The summed E-state index contributed by atoms with van der Waals surface area (Å²) in [4.78, 5) is 19.6. The van der Waals surface area contributed by atoms with Gasteiger partial charge in [0, 0.05) is 18.2 Å². The number of ether oxygens (including phenoxy) is 3. The number of alkyl halides is 3. The largest absolute Gasteiger partial charge is 0.489 e. The molecule has 0 spiro atoms. The number of anilines is 1. The molecule has 1 saturated heterocycles. The van der Waals surface area contributed by atoms with E-state index in [0.29, 0.717) is 31.1 Å². The van der Waals surface area contributed by atoms with Gasteiger partial charge in [0.25, 0.3) is 0 Å². The van der Waals surface area contributed by atoms with Gasteiger partial charge in [-0.05, 0) is 50.3 Å². The number of nitrogens with zero attached hydrogens (tertiary/aromatic N) is 2. The van der Waals surface area contributed by atoms with Gasteiger partial charge in [-0.2, -0.15) is 13.2 Å². The molecule has 1 amide bonds. The summed E-state index contributed by atoms with van der Waals surface area (Å²) in [6.07, 6.45) is -2.20. The summed E-state index contributed by atoms with van der Waals surface area (Å²) in [6.45, 7) is 6.33. The van der Waals surface area contributed by atoms with Gasteiger partial charge in [-0.15, -0.1) is 0 Å². The van der Waals surface area contributed by atoms with Crippen molar-refractivity contribution in [3.8, 4) is 17.0 Å². The number of hydrogen-bond acceptors (Lipinski definition) is 7. The smallest absolute Gasteiger partial charge is 0.419 e. The Morgan fingerprint density at radius 2 is 2.06 bits per heavy atom. The van der Waals surface area contributed by atoms with Crippen molar-refractivity contribution >= 4 is 11.9 Å². The number of rotatable bonds is 9. The minimum absolute atomic E-state index is 0.0794. The Morgan fingerprint density at radius 3 is 2.69 bits per heavy atom. The van der Waals surface area contributed by atoms with E-state index < -0.39 is 23.4 Å². The Hall–Kier alpha value is -3.08. The molecule has 192 valence electrons. The van der Waals surface area contributed by atoms with Crippen LogP contribution in [0.3, 0.4) is 0 Å². The Kier molecular flexibility index (Phi) is 8.42. The van der Waals surface area contributed by atoms with E-state index in [-0.39, 0.29) is 29.9 Å². The third-order valence-electron chi connectivity index (χ3n) is 5.48. The molecule has 1 aromatic heterocycles. The summed E-state index contributed by atoms with van der Waals surface area (Å²) < 4.78 is 57.9. The van der Waals surface area contributed by atoms with Gasteiger partial charge in [0.05, 0.1) is 23.9 Å². The minimum Gasteiger partial charge on any atom is -0.489 e. The molecule has 0 radical (unpaired) electrons. The van der Waals surface area contributed by atoms with Crippen LogP contribution in [0.15, 0.2) is 30.6 Å². The lowest BCUT2D eigenvalue weighted by molar-refractivity contribution is -0.139. The maximum atomic E-state index is 13.9. The highest BCUT2D eigenvalue weighted by atomic mass is 19.4. The second-order valence-electron chi connectivity index (χ2n) is 9.31. The number of amides is 1. The van der Waals surface area contributed by atoms with Crippen LogP contribution in [0.25, 0.3) is 11.3 Å². The van der Waals surface area contributed by atoms with Crippen LogP contribution in [-0.2, 0) is 15.7 Å². The molecule has 11 heteroatoms. The number of carbonyl (C=O) groups excluding carboxylic acids is 1. The van der Waals surface area contributed by atoms with E-state index in [4.69, 9.17) is 19.9 Å². The predicted molar refractivity (Wildman–Crippen MR) is 124 cm³/mol. The highest BCUT2D eigenvalue weighted by Gasteiger charge is 2.37. The van der Waals surface area contributed by atoms with Gasteiger partial charge < -0.3 is 25.3 Å². The first-order valence-electron chi connectivity index (χ1n) is 11.4. The lowest BCUT2D eigenvalue weighted by Gasteiger charge is -2.30. The lowest BCUT2D eigenvalue weighted by atomic mass is 9.95. The van der Waals surface area contributed by atoms with E-state index in [1.54, 1.807) is 13.0 Å². The Morgan fingerprint density at radius 1 is 1.29 bits per heavy atom. The molecule has 1 aliphatic heterocycles. The van der Waals surface area contributed by atoms with Crippen molar-refractivity contribution in [3.05, 3.63) is 36.2 Å². The summed E-state index contributed by atoms with van der Waals surface area (Å²) in [5, 5.41) is 3.24. The third-order valence-corrected chi connectivity index (χ3v) is 5.48. The molecule has 3 rings (SSSR count). The van der Waals surface area contributed by atoms with Crippen molar-refractivity contribution in [2.45, 2.75) is 57.9 Å². The average Bonchev–Trinajstić information content (AvgIpc) is 2.77. The van der Waals surface area contributed by atoms with Gasteiger partial charge in [0.15, 0.2) is 0 Å². The number of nitrogens with two attached hydrogens (primary N) is 1. The first kappa shape index (κ1) is 26.5. The fourth-order valence-electron chi connectivity index (χ4n) is 4.16. The zero-order valence-electron chi connectivity index (χ0n) is 20.0. The second kappa shape index (κ2) is 11.1. The normalized spacial score (nSPS) is 18.1. The first-order valence-corrected chi connectivity index (χ1v) is 11.4. The van der Waals surface area contributed by atoms with Crippen molar-refractivity contribution in [2.75, 3.05) is 25.1 Å². The molecule has 8 nitrogen and oxygen atoms in total. The fourth-order valence-corrected chi connectivity index (χ4v) is 4.16. The minimum atomic E-state index is -4.68. The van der Waals surface area contributed by atoms with Gasteiger partial charge in [-0.3, -0.25) is 0 Å². The third kappa shape index (κ3) is 7.71. The number of nitrogens with one attached hydrogen (secondary N) is 1. The number of hydrogen-bond donors (Lipinski definition) is 2. The van der Waals surface area contributed by atoms with Crippen molar-refractivity contribution in [3.63, 3.8) is 0 Å². The number of primary amides is 1. The topological polar surface area (TPSA) is 109 Å². The molecule has 0 saturated carbocycles. The van der Waals surface area contributed by atoms with Gasteiger partial charge in [-0.1, -0.05) is 13.8 Å². The van der Waals surface area contributed by atoms with E-state index >= 15 is 0 Å². The van der Waals surface area contributed by atoms with Crippen LogP contribution in [0.1, 0.15) is 45.6 Å². The second-order valence-corrected chi connectivity index (χ2v) is 9.31. The van der Waals surface area contributed by atoms with Crippen LogP contribution in [0, 0.1) is 5.92 Å².